The summed E-state index contributed by atoms with van der Waals surface area (Å²) in [7, 11) is 0. The fourth-order valence-corrected chi connectivity index (χ4v) is 2.11. The predicted octanol–water partition coefficient (Wildman–Crippen LogP) is 2.16. The molecule has 0 saturated heterocycles. The van der Waals surface area contributed by atoms with Gasteiger partial charge in [-0.25, -0.2) is 0 Å². The van der Waals surface area contributed by atoms with Crippen molar-refractivity contribution < 1.29 is 4.79 Å². The first-order valence-corrected chi connectivity index (χ1v) is 6.59. The van der Waals surface area contributed by atoms with E-state index in [9.17, 15) is 4.79 Å². The molecular formula is C15H24N2O. The van der Waals surface area contributed by atoms with Crippen molar-refractivity contribution in [2.75, 3.05) is 19.6 Å². The largest absolute Gasteiger partial charge is 0.341 e. The Bertz CT molecular complexity index is 367. The number of carbonyl (C=O) groups excluding carboxylic acids is 1. The Balaban J connectivity index is 2.92. The second-order valence-electron chi connectivity index (χ2n) is 5.07. The summed E-state index contributed by atoms with van der Waals surface area (Å²) in [5, 5.41) is 0. The number of nitrogens with zero attached hydrogens (tertiary/aromatic N) is 1. The first kappa shape index (κ1) is 14.7. The van der Waals surface area contributed by atoms with Crippen LogP contribution in [0.3, 0.4) is 0 Å². The van der Waals surface area contributed by atoms with E-state index in [4.69, 9.17) is 5.73 Å². The first-order chi connectivity index (χ1) is 8.54. The van der Waals surface area contributed by atoms with E-state index in [1.54, 1.807) is 0 Å². The summed E-state index contributed by atoms with van der Waals surface area (Å²) in [6, 6.07) is 9.91. The average Bonchev–Trinajstić information content (AvgIpc) is 2.38. The van der Waals surface area contributed by atoms with Crippen LogP contribution in [0.2, 0.25) is 0 Å². The zero-order chi connectivity index (χ0) is 13.6. The van der Waals surface area contributed by atoms with Gasteiger partial charge in [-0.2, -0.15) is 0 Å². The van der Waals surface area contributed by atoms with Gasteiger partial charge in [0.2, 0.25) is 5.91 Å². The zero-order valence-electron chi connectivity index (χ0n) is 11.6. The molecule has 0 saturated carbocycles. The number of carbonyl (C=O) groups is 1. The molecule has 2 N–H and O–H groups in total. The highest BCUT2D eigenvalue weighted by Crippen LogP contribution is 2.25. The molecule has 18 heavy (non-hydrogen) atoms. The minimum Gasteiger partial charge on any atom is -0.341 e. The second kappa shape index (κ2) is 6.55. The normalized spacial score (nSPS) is 11.3. The molecule has 3 heteroatoms. The van der Waals surface area contributed by atoms with Crippen molar-refractivity contribution in [3.05, 3.63) is 35.9 Å². The van der Waals surface area contributed by atoms with Crippen molar-refractivity contribution in [2.24, 2.45) is 5.73 Å². The van der Waals surface area contributed by atoms with Gasteiger partial charge in [-0.05, 0) is 25.8 Å². The molecule has 0 spiro atoms. The molecule has 3 nitrogen and oxygen atoms in total. The molecule has 0 fully saturated rings. The predicted molar refractivity (Wildman–Crippen MR) is 75.4 cm³/mol. The summed E-state index contributed by atoms with van der Waals surface area (Å²) >= 11 is 0. The maximum absolute atomic E-state index is 12.6. The van der Waals surface area contributed by atoms with E-state index in [1.165, 1.54) is 0 Å². The Labute approximate surface area is 110 Å². The summed E-state index contributed by atoms with van der Waals surface area (Å²) < 4.78 is 0. The number of hydrogen-bond donors (Lipinski definition) is 1. The second-order valence-corrected chi connectivity index (χ2v) is 5.07. The van der Waals surface area contributed by atoms with E-state index in [0.717, 1.165) is 18.5 Å². The molecule has 1 aromatic rings. The standard InChI is InChI=1S/C15H24N2O/c1-4-11-17(12-10-16)14(18)15(2,3)13-8-6-5-7-9-13/h5-9H,4,10-12,16H2,1-3H3. The minimum atomic E-state index is -0.494. The van der Waals surface area contributed by atoms with Crippen LogP contribution in [0.15, 0.2) is 30.3 Å². The Morgan fingerprint density at radius 2 is 1.83 bits per heavy atom. The van der Waals surface area contributed by atoms with E-state index in [0.29, 0.717) is 13.1 Å². The Hall–Kier alpha value is -1.35. The lowest BCUT2D eigenvalue weighted by Gasteiger charge is -2.32. The molecular weight excluding hydrogens is 224 g/mol. The van der Waals surface area contributed by atoms with Gasteiger partial charge in [0, 0.05) is 19.6 Å². The number of nitrogens with two attached hydrogens (primary N) is 1. The SMILES string of the molecule is CCCN(CCN)C(=O)C(C)(C)c1ccccc1. The van der Waals surface area contributed by atoms with Crippen LogP contribution in [0.1, 0.15) is 32.8 Å². The van der Waals surface area contributed by atoms with Crippen LogP contribution in [-0.4, -0.2) is 30.4 Å². The molecule has 0 aromatic heterocycles. The third-order valence-corrected chi connectivity index (χ3v) is 3.21. The summed E-state index contributed by atoms with van der Waals surface area (Å²) in [5.74, 6) is 0.154. The van der Waals surface area contributed by atoms with Gasteiger partial charge in [0.15, 0.2) is 0 Å². The van der Waals surface area contributed by atoms with Gasteiger partial charge in [-0.15, -0.1) is 0 Å². The summed E-state index contributed by atoms with van der Waals surface area (Å²) in [5.41, 5.74) is 6.14. The third kappa shape index (κ3) is 3.33. The molecule has 0 unspecified atom stereocenters. The lowest BCUT2D eigenvalue weighted by molar-refractivity contribution is -0.136. The van der Waals surface area contributed by atoms with Gasteiger partial charge in [0.05, 0.1) is 5.41 Å². The minimum absolute atomic E-state index is 0.154. The van der Waals surface area contributed by atoms with Gasteiger partial charge < -0.3 is 10.6 Å². The summed E-state index contributed by atoms with van der Waals surface area (Å²) in [6.45, 7) is 7.94. The lowest BCUT2D eigenvalue weighted by atomic mass is 9.83. The Kier molecular flexibility index (Phi) is 5.35. The van der Waals surface area contributed by atoms with E-state index in [2.05, 4.69) is 6.92 Å². The van der Waals surface area contributed by atoms with Crippen LogP contribution in [0.5, 0.6) is 0 Å². The summed E-state index contributed by atoms with van der Waals surface area (Å²) in [4.78, 5) is 14.5. The van der Waals surface area contributed by atoms with Crippen LogP contribution in [0.4, 0.5) is 0 Å². The summed E-state index contributed by atoms with van der Waals surface area (Å²) in [6.07, 6.45) is 0.955. The van der Waals surface area contributed by atoms with Crippen molar-refractivity contribution in [3.8, 4) is 0 Å². The molecule has 0 aliphatic carbocycles. The van der Waals surface area contributed by atoms with Crippen molar-refractivity contribution >= 4 is 5.91 Å². The molecule has 0 aliphatic rings. The lowest BCUT2D eigenvalue weighted by Crippen LogP contribution is -2.45. The molecule has 0 aliphatic heterocycles. The smallest absolute Gasteiger partial charge is 0.232 e. The monoisotopic (exact) mass is 248 g/mol. The Morgan fingerprint density at radius 1 is 1.22 bits per heavy atom. The van der Waals surface area contributed by atoms with Crippen LogP contribution >= 0.6 is 0 Å². The maximum Gasteiger partial charge on any atom is 0.232 e. The van der Waals surface area contributed by atoms with E-state index < -0.39 is 5.41 Å². The number of benzene rings is 1. The van der Waals surface area contributed by atoms with E-state index in [1.807, 2.05) is 49.1 Å². The van der Waals surface area contributed by atoms with Crippen molar-refractivity contribution in [1.82, 2.24) is 4.90 Å². The van der Waals surface area contributed by atoms with Crippen molar-refractivity contribution in [1.29, 1.82) is 0 Å². The van der Waals surface area contributed by atoms with Crippen molar-refractivity contribution in [2.45, 2.75) is 32.6 Å². The van der Waals surface area contributed by atoms with E-state index >= 15 is 0 Å². The number of amides is 1. The molecule has 0 radical (unpaired) electrons. The third-order valence-electron chi connectivity index (χ3n) is 3.21. The molecule has 0 bridgehead atoms. The highest BCUT2D eigenvalue weighted by atomic mass is 16.2. The van der Waals surface area contributed by atoms with E-state index in [-0.39, 0.29) is 5.91 Å². The molecule has 1 amide bonds. The van der Waals surface area contributed by atoms with Gasteiger partial charge in [0.25, 0.3) is 0 Å². The number of rotatable bonds is 6. The zero-order valence-corrected chi connectivity index (χ0v) is 11.6. The highest BCUT2D eigenvalue weighted by molar-refractivity contribution is 5.87. The molecule has 1 rings (SSSR count). The van der Waals surface area contributed by atoms with Gasteiger partial charge >= 0.3 is 0 Å². The van der Waals surface area contributed by atoms with Crippen LogP contribution in [0, 0.1) is 0 Å². The van der Waals surface area contributed by atoms with Crippen LogP contribution < -0.4 is 5.73 Å². The van der Waals surface area contributed by atoms with Gasteiger partial charge in [-0.3, -0.25) is 4.79 Å². The Morgan fingerprint density at radius 3 is 2.33 bits per heavy atom. The van der Waals surface area contributed by atoms with Crippen LogP contribution in [-0.2, 0) is 10.2 Å². The van der Waals surface area contributed by atoms with Crippen molar-refractivity contribution in [3.63, 3.8) is 0 Å². The molecule has 0 atom stereocenters. The fourth-order valence-electron chi connectivity index (χ4n) is 2.11. The number of hydrogen-bond acceptors (Lipinski definition) is 2. The molecule has 100 valence electrons. The highest BCUT2D eigenvalue weighted by Gasteiger charge is 2.32. The average molecular weight is 248 g/mol. The first-order valence-electron chi connectivity index (χ1n) is 6.59. The maximum atomic E-state index is 12.6. The molecule has 1 aromatic carbocycles. The fraction of sp³-hybridized carbons (Fsp3) is 0.533. The van der Waals surface area contributed by atoms with Gasteiger partial charge in [0.1, 0.15) is 0 Å². The molecule has 0 heterocycles. The quantitative estimate of drug-likeness (QED) is 0.838. The van der Waals surface area contributed by atoms with Gasteiger partial charge in [-0.1, -0.05) is 37.3 Å². The van der Waals surface area contributed by atoms with Crippen LogP contribution in [0.25, 0.3) is 0 Å². The topological polar surface area (TPSA) is 46.3 Å².